The van der Waals surface area contributed by atoms with Crippen LogP contribution >= 0.6 is 0 Å². The van der Waals surface area contributed by atoms with Crippen molar-refractivity contribution in [3.8, 4) is 0 Å². The number of nitrogens with zero attached hydrogens (tertiary/aromatic N) is 1. The highest BCUT2D eigenvalue weighted by Crippen LogP contribution is 2.14. The Bertz CT molecular complexity index is 249. The third-order valence-electron chi connectivity index (χ3n) is 2.06. The maximum atomic E-state index is 3.06. The molecule has 0 aromatic heterocycles. The predicted molar refractivity (Wildman–Crippen MR) is 49.7 cm³/mol. The zero-order chi connectivity index (χ0) is 8.39. The first kappa shape index (κ1) is 7.58. The van der Waals surface area contributed by atoms with Crippen molar-refractivity contribution in [2.45, 2.75) is 6.92 Å². The summed E-state index contributed by atoms with van der Waals surface area (Å²) in [7, 11) is 0. The van der Waals surface area contributed by atoms with E-state index < -0.39 is 0 Å². The van der Waals surface area contributed by atoms with Gasteiger partial charge in [-0.15, -0.1) is 0 Å². The van der Waals surface area contributed by atoms with Gasteiger partial charge in [-0.05, 0) is 19.1 Å². The van der Waals surface area contributed by atoms with Gasteiger partial charge in [-0.3, -0.25) is 0 Å². The fourth-order valence-corrected chi connectivity index (χ4v) is 1.30. The van der Waals surface area contributed by atoms with E-state index in [4.69, 9.17) is 0 Å². The van der Waals surface area contributed by atoms with E-state index in [1.54, 1.807) is 0 Å². The Morgan fingerprint density at radius 1 is 1.08 bits per heavy atom. The zero-order valence-corrected chi connectivity index (χ0v) is 7.17. The number of rotatable bonds is 1. The number of nitrogens with one attached hydrogen (secondary N) is 2. The maximum Gasteiger partial charge on any atom is 0.0824 e. The molecule has 1 aliphatic rings. The van der Waals surface area contributed by atoms with Gasteiger partial charge in [-0.2, -0.15) is 0 Å². The van der Waals surface area contributed by atoms with E-state index in [1.165, 1.54) is 11.3 Å². The lowest BCUT2D eigenvalue weighted by atomic mass is 10.2. The molecule has 3 heteroatoms. The standard InChI is InChI=1S/C9H13N3/c1-8-2-4-9(5-3-8)12-6-10-11-7-12/h2-5,10-11H,6-7H2,1H3. The SMILES string of the molecule is Cc1ccc(N2CNNC2)cc1. The lowest BCUT2D eigenvalue weighted by Crippen LogP contribution is -2.21. The Labute approximate surface area is 72.4 Å². The Kier molecular flexibility index (Phi) is 1.98. The molecule has 64 valence electrons. The van der Waals surface area contributed by atoms with Gasteiger partial charge in [0.05, 0.1) is 13.3 Å². The van der Waals surface area contributed by atoms with Crippen LogP contribution in [0.25, 0.3) is 0 Å². The Balaban J connectivity index is 2.17. The molecular weight excluding hydrogens is 150 g/mol. The van der Waals surface area contributed by atoms with Crippen LogP contribution in [0.15, 0.2) is 24.3 Å². The van der Waals surface area contributed by atoms with Gasteiger partial charge < -0.3 is 4.90 Å². The molecule has 0 amide bonds. The molecule has 1 saturated heterocycles. The lowest BCUT2D eigenvalue weighted by molar-refractivity contribution is 0.689. The highest BCUT2D eigenvalue weighted by Gasteiger charge is 2.09. The summed E-state index contributed by atoms with van der Waals surface area (Å²) in [5.74, 6) is 0. The molecule has 0 spiro atoms. The van der Waals surface area contributed by atoms with E-state index in [0.717, 1.165) is 13.3 Å². The summed E-state index contributed by atoms with van der Waals surface area (Å²) in [4.78, 5) is 2.24. The van der Waals surface area contributed by atoms with E-state index in [-0.39, 0.29) is 0 Å². The van der Waals surface area contributed by atoms with Crippen molar-refractivity contribution in [2.75, 3.05) is 18.2 Å². The minimum Gasteiger partial charge on any atom is -0.344 e. The monoisotopic (exact) mass is 163 g/mol. The van der Waals surface area contributed by atoms with E-state index in [0.29, 0.717) is 0 Å². The quantitative estimate of drug-likeness (QED) is 0.642. The summed E-state index contributed by atoms with van der Waals surface area (Å²) in [5.41, 5.74) is 8.69. The van der Waals surface area contributed by atoms with Crippen molar-refractivity contribution >= 4 is 5.69 Å². The summed E-state index contributed by atoms with van der Waals surface area (Å²) in [5, 5.41) is 0. The Hall–Kier alpha value is -1.06. The highest BCUT2D eigenvalue weighted by molar-refractivity contribution is 5.47. The van der Waals surface area contributed by atoms with E-state index >= 15 is 0 Å². The summed E-state index contributed by atoms with van der Waals surface area (Å²) in [6, 6.07) is 8.55. The van der Waals surface area contributed by atoms with Gasteiger partial charge in [0, 0.05) is 5.69 Å². The van der Waals surface area contributed by atoms with Crippen molar-refractivity contribution in [1.82, 2.24) is 10.9 Å². The molecule has 3 nitrogen and oxygen atoms in total. The molecule has 1 aromatic rings. The van der Waals surface area contributed by atoms with Crippen LogP contribution in [0.3, 0.4) is 0 Å². The summed E-state index contributed by atoms with van der Waals surface area (Å²) in [6.07, 6.45) is 0. The summed E-state index contributed by atoms with van der Waals surface area (Å²) >= 11 is 0. The highest BCUT2D eigenvalue weighted by atomic mass is 15.5. The van der Waals surface area contributed by atoms with Gasteiger partial charge in [0.2, 0.25) is 0 Å². The molecule has 12 heavy (non-hydrogen) atoms. The average Bonchev–Trinajstić information content (AvgIpc) is 2.58. The van der Waals surface area contributed by atoms with Gasteiger partial charge >= 0.3 is 0 Å². The van der Waals surface area contributed by atoms with Crippen LogP contribution in [0.4, 0.5) is 5.69 Å². The van der Waals surface area contributed by atoms with Crippen molar-refractivity contribution < 1.29 is 0 Å². The van der Waals surface area contributed by atoms with Gasteiger partial charge in [-0.1, -0.05) is 17.7 Å². The summed E-state index contributed by atoms with van der Waals surface area (Å²) in [6.45, 7) is 3.86. The maximum absolute atomic E-state index is 3.06. The van der Waals surface area contributed by atoms with Crippen molar-refractivity contribution in [2.24, 2.45) is 0 Å². The Morgan fingerprint density at radius 3 is 2.25 bits per heavy atom. The third-order valence-corrected chi connectivity index (χ3v) is 2.06. The fraction of sp³-hybridized carbons (Fsp3) is 0.333. The van der Waals surface area contributed by atoms with E-state index in [1.807, 2.05) is 0 Å². The zero-order valence-electron chi connectivity index (χ0n) is 7.17. The molecule has 0 atom stereocenters. The van der Waals surface area contributed by atoms with E-state index in [2.05, 4.69) is 46.9 Å². The second-order valence-electron chi connectivity index (χ2n) is 3.05. The number of aryl methyl sites for hydroxylation is 1. The number of hydrogen-bond donors (Lipinski definition) is 2. The molecule has 2 rings (SSSR count). The number of hydrogen-bond acceptors (Lipinski definition) is 3. The van der Waals surface area contributed by atoms with Crippen LogP contribution in [-0.2, 0) is 0 Å². The smallest absolute Gasteiger partial charge is 0.0824 e. The van der Waals surface area contributed by atoms with Gasteiger partial charge in [0.15, 0.2) is 0 Å². The minimum absolute atomic E-state index is 0.878. The molecule has 0 radical (unpaired) electrons. The fourth-order valence-electron chi connectivity index (χ4n) is 1.30. The molecule has 1 fully saturated rings. The van der Waals surface area contributed by atoms with Crippen LogP contribution in [0.2, 0.25) is 0 Å². The second-order valence-corrected chi connectivity index (χ2v) is 3.05. The number of hydrazine groups is 1. The van der Waals surface area contributed by atoms with Gasteiger partial charge in [0.25, 0.3) is 0 Å². The second kappa shape index (κ2) is 3.13. The molecular formula is C9H13N3. The lowest BCUT2D eigenvalue weighted by Gasteiger charge is -2.15. The van der Waals surface area contributed by atoms with Gasteiger partial charge in [0.1, 0.15) is 0 Å². The van der Waals surface area contributed by atoms with Crippen molar-refractivity contribution in [3.05, 3.63) is 29.8 Å². The molecule has 1 aliphatic heterocycles. The van der Waals surface area contributed by atoms with Crippen LogP contribution in [0.1, 0.15) is 5.56 Å². The van der Waals surface area contributed by atoms with Crippen LogP contribution in [0.5, 0.6) is 0 Å². The topological polar surface area (TPSA) is 27.3 Å². The predicted octanol–water partition coefficient (Wildman–Crippen LogP) is 0.824. The average molecular weight is 163 g/mol. The van der Waals surface area contributed by atoms with E-state index in [9.17, 15) is 0 Å². The summed E-state index contributed by atoms with van der Waals surface area (Å²) < 4.78 is 0. The minimum atomic E-state index is 0.878. The third kappa shape index (κ3) is 1.42. The Morgan fingerprint density at radius 2 is 1.67 bits per heavy atom. The number of benzene rings is 1. The molecule has 1 aromatic carbocycles. The van der Waals surface area contributed by atoms with Crippen LogP contribution < -0.4 is 15.8 Å². The normalized spacial score (nSPS) is 16.9. The van der Waals surface area contributed by atoms with Crippen LogP contribution in [-0.4, -0.2) is 13.3 Å². The largest absolute Gasteiger partial charge is 0.344 e. The molecule has 1 heterocycles. The number of anilines is 1. The van der Waals surface area contributed by atoms with Crippen LogP contribution in [0, 0.1) is 6.92 Å². The van der Waals surface area contributed by atoms with Crippen molar-refractivity contribution in [3.63, 3.8) is 0 Å². The molecule has 0 unspecified atom stereocenters. The van der Waals surface area contributed by atoms with Gasteiger partial charge in [-0.25, -0.2) is 10.9 Å². The molecule has 0 bridgehead atoms. The first-order chi connectivity index (χ1) is 5.86. The first-order valence-electron chi connectivity index (χ1n) is 4.13. The van der Waals surface area contributed by atoms with Crippen molar-refractivity contribution in [1.29, 1.82) is 0 Å². The molecule has 0 aliphatic carbocycles. The molecule has 0 saturated carbocycles. The molecule has 2 N–H and O–H groups in total. The first-order valence-corrected chi connectivity index (χ1v) is 4.13.